The Labute approximate surface area is 68.8 Å². The van der Waals surface area contributed by atoms with Crippen molar-refractivity contribution >= 4 is 5.91 Å². The molecule has 0 saturated heterocycles. The Hall–Kier alpha value is -1.93. The number of nitriles is 1. The zero-order valence-electron chi connectivity index (χ0n) is 6.11. The first-order valence-electron chi connectivity index (χ1n) is 3.14. The molecular weight excluding hydrogens is 156 g/mol. The molecule has 0 fully saturated rings. The summed E-state index contributed by atoms with van der Waals surface area (Å²) in [5.74, 6) is 4.38. The van der Waals surface area contributed by atoms with Crippen LogP contribution in [0.1, 0.15) is 15.9 Å². The minimum atomic E-state index is -0.514. The molecule has 5 heteroatoms. The van der Waals surface area contributed by atoms with Gasteiger partial charge in [-0.2, -0.15) is 5.26 Å². The third kappa shape index (κ3) is 1.38. The summed E-state index contributed by atoms with van der Waals surface area (Å²) < 4.78 is 0. The highest BCUT2D eigenvalue weighted by Gasteiger charge is 2.08. The molecule has 1 aromatic heterocycles. The van der Waals surface area contributed by atoms with Crippen LogP contribution < -0.4 is 11.3 Å². The SMILES string of the molecule is N#Cc1ccncc1C(=O)NN. The standard InChI is InChI=1S/C7H6N4O/c8-3-5-1-2-10-4-6(5)7(12)11-9/h1-2,4H,9H2,(H,11,12). The molecule has 60 valence electrons. The summed E-state index contributed by atoms with van der Waals surface area (Å²) in [5.41, 5.74) is 2.37. The molecule has 0 bridgehead atoms. The number of amides is 1. The van der Waals surface area contributed by atoms with Crippen molar-refractivity contribution in [3.8, 4) is 6.07 Å². The summed E-state index contributed by atoms with van der Waals surface area (Å²) in [6.45, 7) is 0. The van der Waals surface area contributed by atoms with E-state index in [0.717, 1.165) is 0 Å². The van der Waals surface area contributed by atoms with Crippen molar-refractivity contribution in [3.05, 3.63) is 29.6 Å². The molecule has 0 spiro atoms. The fourth-order valence-electron chi connectivity index (χ4n) is 0.751. The zero-order chi connectivity index (χ0) is 8.97. The van der Waals surface area contributed by atoms with Gasteiger partial charge < -0.3 is 0 Å². The van der Waals surface area contributed by atoms with Gasteiger partial charge in [-0.05, 0) is 6.07 Å². The van der Waals surface area contributed by atoms with E-state index in [9.17, 15) is 4.79 Å². The number of nitrogens with zero attached hydrogens (tertiary/aromatic N) is 2. The highest BCUT2D eigenvalue weighted by molar-refractivity contribution is 5.95. The second-order valence-corrected chi connectivity index (χ2v) is 2.01. The van der Waals surface area contributed by atoms with Crippen LogP contribution in [-0.4, -0.2) is 10.9 Å². The molecule has 0 unspecified atom stereocenters. The van der Waals surface area contributed by atoms with Crippen LogP contribution in [0, 0.1) is 11.3 Å². The highest BCUT2D eigenvalue weighted by Crippen LogP contribution is 2.03. The summed E-state index contributed by atoms with van der Waals surface area (Å²) in [6.07, 6.45) is 2.73. The molecule has 12 heavy (non-hydrogen) atoms. The van der Waals surface area contributed by atoms with E-state index in [0.29, 0.717) is 0 Å². The predicted octanol–water partition coefficient (Wildman–Crippen LogP) is -0.443. The van der Waals surface area contributed by atoms with Gasteiger partial charge in [0.1, 0.15) is 6.07 Å². The van der Waals surface area contributed by atoms with Gasteiger partial charge >= 0.3 is 0 Å². The van der Waals surface area contributed by atoms with Crippen molar-refractivity contribution in [3.63, 3.8) is 0 Å². The topological polar surface area (TPSA) is 91.8 Å². The molecule has 0 aliphatic rings. The molecule has 5 nitrogen and oxygen atoms in total. The van der Waals surface area contributed by atoms with Gasteiger partial charge in [-0.25, -0.2) is 5.84 Å². The van der Waals surface area contributed by atoms with E-state index in [4.69, 9.17) is 11.1 Å². The van der Waals surface area contributed by atoms with Gasteiger partial charge in [0.05, 0.1) is 11.1 Å². The Bertz CT molecular complexity index is 342. The number of nitrogens with one attached hydrogen (secondary N) is 1. The molecule has 0 saturated carbocycles. The molecule has 0 aromatic carbocycles. The molecule has 0 aliphatic heterocycles. The number of hydrazine groups is 1. The molecule has 1 rings (SSSR count). The normalized spacial score (nSPS) is 8.67. The molecule has 1 heterocycles. The van der Waals surface area contributed by atoms with Crippen molar-refractivity contribution < 1.29 is 4.79 Å². The second kappa shape index (κ2) is 3.46. The molecule has 1 aromatic rings. The summed E-state index contributed by atoms with van der Waals surface area (Å²) in [5, 5.41) is 8.56. The van der Waals surface area contributed by atoms with Crippen LogP contribution in [0.2, 0.25) is 0 Å². The van der Waals surface area contributed by atoms with Gasteiger partial charge in [0.25, 0.3) is 5.91 Å². The minimum absolute atomic E-state index is 0.183. The fourth-order valence-corrected chi connectivity index (χ4v) is 0.751. The summed E-state index contributed by atoms with van der Waals surface area (Å²) in [6, 6.07) is 3.30. The maximum Gasteiger partial charge on any atom is 0.268 e. The van der Waals surface area contributed by atoms with Crippen molar-refractivity contribution in [2.45, 2.75) is 0 Å². The minimum Gasteiger partial charge on any atom is -0.290 e. The number of hydrogen-bond donors (Lipinski definition) is 2. The first kappa shape index (κ1) is 8.17. The Morgan fingerprint density at radius 3 is 3.08 bits per heavy atom. The average molecular weight is 162 g/mol. The van der Waals surface area contributed by atoms with Crippen molar-refractivity contribution in [1.82, 2.24) is 10.4 Å². The van der Waals surface area contributed by atoms with Crippen LogP contribution in [0.15, 0.2) is 18.5 Å². The Morgan fingerprint density at radius 1 is 1.75 bits per heavy atom. The lowest BCUT2D eigenvalue weighted by Gasteiger charge is -1.99. The number of nitrogens with two attached hydrogens (primary N) is 1. The van der Waals surface area contributed by atoms with E-state index < -0.39 is 5.91 Å². The van der Waals surface area contributed by atoms with Gasteiger partial charge in [-0.1, -0.05) is 0 Å². The summed E-state index contributed by atoms with van der Waals surface area (Å²) >= 11 is 0. The number of nitrogen functional groups attached to an aromatic ring is 1. The first-order valence-corrected chi connectivity index (χ1v) is 3.14. The van der Waals surface area contributed by atoms with Crippen LogP contribution in [0.25, 0.3) is 0 Å². The maximum absolute atomic E-state index is 11.0. The smallest absolute Gasteiger partial charge is 0.268 e. The zero-order valence-corrected chi connectivity index (χ0v) is 6.11. The average Bonchev–Trinajstić information content (AvgIpc) is 2.16. The quantitative estimate of drug-likeness (QED) is 0.332. The third-order valence-corrected chi connectivity index (χ3v) is 1.32. The molecule has 0 atom stereocenters. The van der Waals surface area contributed by atoms with Crippen molar-refractivity contribution in [2.75, 3.05) is 0 Å². The molecule has 0 aliphatic carbocycles. The van der Waals surface area contributed by atoms with E-state index >= 15 is 0 Å². The Kier molecular flexibility index (Phi) is 2.35. The Morgan fingerprint density at radius 2 is 2.50 bits per heavy atom. The number of carbonyl (C=O) groups is 1. The molecular formula is C7H6N4O. The van der Waals surface area contributed by atoms with Crippen molar-refractivity contribution in [2.24, 2.45) is 5.84 Å². The van der Waals surface area contributed by atoms with Gasteiger partial charge in [-0.15, -0.1) is 0 Å². The monoisotopic (exact) mass is 162 g/mol. The predicted molar refractivity (Wildman–Crippen MR) is 40.6 cm³/mol. The van der Waals surface area contributed by atoms with Gasteiger partial charge in [0, 0.05) is 12.4 Å². The number of hydrogen-bond acceptors (Lipinski definition) is 4. The second-order valence-electron chi connectivity index (χ2n) is 2.01. The number of aromatic nitrogens is 1. The van der Waals surface area contributed by atoms with E-state index in [2.05, 4.69) is 4.98 Å². The number of rotatable bonds is 1. The van der Waals surface area contributed by atoms with E-state index in [-0.39, 0.29) is 11.1 Å². The van der Waals surface area contributed by atoms with Crippen LogP contribution in [0.5, 0.6) is 0 Å². The third-order valence-electron chi connectivity index (χ3n) is 1.32. The lowest BCUT2D eigenvalue weighted by Crippen LogP contribution is -2.30. The fraction of sp³-hybridized carbons (Fsp3) is 0. The van der Waals surface area contributed by atoms with Crippen LogP contribution in [0.3, 0.4) is 0 Å². The van der Waals surface area contributed by atoms with E-state index in [1.54, 1.807) is 0 Å². The van der Waals surface area contributed by atoms with E-state index in [1.165, 1.54) is 18.5 Å². The Balaban J connectivity index is 3.16. The summed E-state index contributed by atoms with van der Waals surface area (Å²) in [4.78, 5) is 14.7. The number of carbonyl (C=O) groups excluding carboxylic acids is 1. The highest BCUT2D eigenvalue weighted by atomic mass is 16.2. The van der Waals surface area contributed by atoms with Crippen molar-refractivity contribution in [1.29, 1.82) is 5.26 Å². The van der Waals surface area contributed by atoms with Gasteiger partial charge in [0.2, 0.25) is 0 Å². The number of pyridine rings is 1. The lowest BCUT2D eigenvalue weighted by molar-refractivity contribution is 0.0953. The molecule has 3 N–H and O–H groups in total. The van der Waals surface area contributed by atoms with Gasteiger partial charge in [0.15, 0.2) is 0 Å². The van der Waals surface area contributed by atoms with Crippen LogP contribution >= 0.6 is 0 Å². The lowest BCUT2D eigenvalue weighted by atomic mass is 10.1. The maximum atomic E-state index is 11.0. The first-order chi connectivity index (χ1) is 5.79. The van der Waals surface area contributed by atoms with Crippen LogP contribution in [0.4, 0.5) is 0 Å². The summed E-state index contributed by atoms with van der Waals surface area (Å²) in [7, 11) is 0. The van der Waals surface area contributed by atoms with Gasteiger partial charge in [-0.3, -0.25) is 15.2 Å². The molecule has 0 radical (unpaired) electrons. The van der Waals surface area contributed by atoms with E-state index in [1.807, 2.05) is 11.5 Å². The molecule has 1 amide bonds. The largest absolute Gasteiger partial charge is 0.290 e. The van der Waals surface area contributed by atoms with Crippen LogP contribution in [-0.2, 0) is 0 Å².